The largest absolute Gasteiger partial charge is 0.368 e. The average molecular weight is 430 g/mol. The van der Waals surface area contributed by atoms with Gasteiger partial charge in [-0.25, -0.2) is 8.42 Å². The maximum atomic E-state index is 13.4. The number of nitrogens with zero attached hydrogens (tertiary/aromatic N) is 3. The van der Waals surface area contributed by atoms with Crippen LogP contribution in [0.1, 0.15) is 24.5 Å². The summed E-state index contributed by atoms with van der Waals surface area (Å²) in [5, 5.41) is 0. The maximum absolute atomic E-state index is 13.4. The summed E-state index contributed by atoms with van der Waals surface area (Å²) in [6.07, 6.45) is 1.59. The molecule has 1 saturated heterocycles. The molecular formula is C23H31N3O3S. The molecule has 30 heavy (non-hydrogen) atoms. The van der Waals surface area contributed by atoms with Gasteiger partial charge in [0.25, 0.3) is 0 Å². The third kappa shape index (κ3) is 4.78. The number of hydrogen-bond acceptors (Lipinski definition) is 4. The van der Waals surface area contributed by atoms with Gasteiger partial charge in [0.2, 0.25) is 15.9 Å². The van der Waals surface area contributed by atoms with Crippen molar-refractivity contribution < 1.29 is 13.2 Å². The van der Waals surface area contributed by atoms with E-state index in [1.165, 1.54) is 10.6 Å². The molecule has 0 aromatic heterocycles. The Morgan fingerprint density at radius 1 is 1.03 bits per heavy atom. The fourth-order valence-electron chi connectivity index (χ4n) is 4.01. The van der Waals surface area contributed by atoms with Crippen LogP contribution in [0.5, 0.6) is 0 Å². The minimum atomic E-state index is -3.63. The minimum absolute atomic E-state index is 0.128. The van der Waals surface area contributed by atoms with Crippen LogP contribution in [0, 0.1) is 13.8 Å². The van der Waals surface area contributed by atoms with Crippen molar-refractivity contribution in [2.24, 2.45) is 0 Å². The van der Waals surface area contributed by atoms with Crippen LogP contribution in [0.4, 0.5) is 11.4 Å². The number of amides is 1. The first-order chi connectivity index (χ1) is 14.2. The normalized spacial score (nSPS) is 15.7. The molecular weight excluding hydrogens is 398 g/mol. The molecule has 162 valence electrons. The van der Waals surface area contributed by atoms with Gasteiger partial charge in [0, 0.05) is 31.9 Å². The van der Waals surface area contributed by atoms with Crippen LogP contribution in [-0.2, 0) is 14.8 Å². The summed E-state index contributed by atoms with van der Waals surface area (Å²) < 4.78 is 26.9. The number of carbonyl (C=O) groups excluding carboxylic acids is 1. The molecule has 2 aromatic carbocycles. The third-order valence-corrected chi connectivity index (χ3v) is 6.79. The van der Waals surface area contributed by atoms with E-state index in [0.717, 1.165) is 29.9 Å². The highest BCUT2D eigenvalue weighted by molar-refractivity contribution is 7.92. The van der Waals surface area contributed by atoms with Gasteiger partial charge in [-0.3, -0.25) is 9.10 Å². The Hall–Kier alpha value is -2.54. The van der Waals surface area contributed by atoms with Crippen molar-refractivity contribution in [1.29, 1.82) is 0 Å². The minimum Gasteiger partial charge on any atom is -0.368 e. The monoisotopic (exact) mass is 429 g/mol. The first kappa shape index (κ1) is 22.2. The smallest absolute Gasteiger partial charge is 0.246 e. The van der Waals surface area contributed by atoms with Gasteiger partial charge < -0.3 is 9.80 Å². The molecule has 1 fully saturated rings. The van der Waals surface area contributed by atoms with Crippen LogP contribution in [0.2, 0.25) is 0 Å². The Bertz CT molecular complexity index is 984. The highest BCUT2D eigenvalue weighted by Gasteiger charge is 2.36. The zero-order valence-electron chi connectivity index (χ0n) is 18.2. The number of para-hydroxylation sites is 1. The van der Waals surface area contributed by atoms with Crippen LogP contribution >= 0.6 is 0 Å². The molecule has 0 spiro atoms. The quantitative estimate of drug-likeness (QED) is 0.708. The number of sulfonamides is 1. The van der Waals surface area contributed by atoms with Gasteiger partial charge in [-0.05, 0) is 49.6 Å². The van der Waals surface area contributed by atoms with E-state index in [1.807, 2.05) is 57.2 Å². The molecule has 7 heteroatoms. The first-order valence-corrected chi connectivity index (χ1v) is 12.2. The fourth-order valence-corrected chi connectivity index (χ4v) is 5.27. The van der Waals surface area contributed by atoms with E-state index in [4.69, 9.17) is 0 Å². The second-order valence-electron chi connectivity index (χ2n) is 7.92. The van der Waals surface area contributed by atoms with Crippen LogP contribution in [-0.4, -0.2) is 57.7 Å². The van der Waals surface area contributed by atoms with E-state index >= 15 is 0 Å². The van der Waals surface area contributed by atoms with E-state index in [1.54, 1.807) is 4.90 Å². The van der Waals surface area contributed by atoms with Gasteiger partial charge in [0.1, 0.15) is 6.04 Å². The molecule has 3 rings (SSSR count). The molecule has 0 bridgehead atoms. The van der Waals surface area contributed by atoms with E-state index < -0.39 is 16.1 Å². The Balaban J connectivity index is 1.83. The topological polar surface area (TPSA) is 60.9 Å². The first-order valence-electron chi connectivity index (χ1n) is 10.4. The molecule has 6 nitrogen and oxygen atoms in total. The Morgan fingerprint density at radius 3 is 2.23 bits per heavy atom. The Kier molecular flexibility index (Phi) is 6.71. The molecule has 1 aliphatic heterocycles. The number of anilines is 2. The summed E-state index contributed by atoms with van der Waals surface area (Å²) in [5.41, 5.74) is 3.53. The van der Waals surface area contributed by atoms with E-state index in [-0.39, 0.29) is 5.91 Å². The molecule has 1 atom stereocenters. The summed E-state index contributed by atoms with van der Waals surface area (Å²) in [7, 11) is -3.63. The van der Waals surface area contributed by atoms with Crippen LogP contribution in [0.15, 0.2) is 48.5 Å². The maximum Gasteiger partial charge on any atom is 0.246 e. The number of hydrogen-bond donors (Lipinski definition) is 0. The van der Waals surface area contributed by atoms with Gasteiger partial charge in [0.05, 0.1) is 11.9 Å². The second-order valence-corrected chi connectivity index (χ2v) is 9.78. The van der Waals surface area contributed by atoms with Gasteiger partial charge >= 0.3 is 0 Å². The van der Waals surface area contributed by atoms with Gasteiger partial charge in [-0.15, -0.1) is 0 Å². The van der Waals surface area contributed by atoms with Crippen LogP contribution in [0.3, 0.4) is 0 Å². The highest BCUT2D eigenvalue weighted by Crippen LogP contribution is 2.28. The molecule has 2 aromatic rings. The van der Waals surface area contributed by atoms with Crippen molar-refractivity contribution in [2.75, 3.05) is 41.6 Å². The second kappa shape index (κ2) is 9.08. The van der Waals surface area contributed by atoms with Gasteiger partial charge in [-0.1, -0.05) is 37.3 Å². The lowest BCUT2D eigenvalue weighted by atomic mass is 10.1. The molecule has 1 amide bonds. The number of rotatable bonds is 6. The predicted octanol–water partition coefficient (Wildman–Crippen LogP) is 3.20. The molecule has 0 aliphatic carbocycles. The zero-order chi connectivity index (χ0) is 21.9. The molecule has 1 heterocycles. The van der Waals surface area contributed by atoms with Crippen molar-refractivity contribution in [3.05, 3.63) is 59.7 Å². The van der Waals surface area contributed by atoms with Crippen molar-refractivity contribution >= 4 is 27.3 Å². The van der Waals surface area contributed by atoms with E-state index in [2.05, 4.69) is 17.0 Å². The molecule has 0 N–H and O–H groups in total. The summed E-state index contributed by atoms with van der Waals surface area (Å²) >= 11 is 0. The van der Waals surface area contributed by atoms with Gasteiger partial charge in [-0.2, -0.15) is 0 Å². The van der Waals surface area contributed by atoms with Crippen molar-refractivity contribution in [2.45, 2.75) is 33.2 Å². The average Bonchev–Trinajstić information content (AvgIpc) is 2.73. The number of aryl methyl sites for hydroxylation is 2. The van der Waals surface area contributed by atoms with E-state index in [9.17, 15) is 13.2 Å². The lowest BCUT2D eigenvalue weighted by Gasteiger charge is -2.40. The van der Waals surface area contributed by atoms with E-state index in [0.29, 0.717) is 25.2 Å². The highest BCUT2D eigenvalue weighted by atomic mass is 32.2. The predicted molar refractivity (Wildman–Crippen MR) is 123 cm³/mol. The van der Waals surface area contributed by atoms with Crippen molar-refractivity contribution in [3.63, 3.8) is 0 Å². The molecule has 0 radical (unpaired) electrons. The third-order valence-electron chi connectivity index (χ3n) is 5.63. The Labute approximate surface area is 180 Å². The van der Waals surface area contributed by atoms with Crippen LogP contribution in [0.25, 0.3) is 0 Å². The molecule has 1 unspecified atom stereocenters. The molecule has 1 aliphatic rings. The summed E-state index contributed by atoms with van der Waals surface area (Å²) in [5.74, 6) is -0.128. The van der Waals surface area contributed by atoms with Gasteiger partial charge in [0.15, 0.2) is 0 Å². The summed E-state index contributed by atoms with van der Waals surface area (Å²) in [4.78, 5) is 17.5. The molecule has 0 saturated carbocycles. The van der Waals surface area contributed by atoms with Crippen LogP contribution < -0.4 is 9.21 Å². The number of benzene rings is 2. The standard InChI is InChI=1S/C23H31N3O3S/c1-5-21(26(30(4,28)29)22-17-18(2)11-12-19(22)3)23(27)25-15-13-24(14-16-25)20-9-7-6-8-10-20/h6-12,17,21H,5,13-16H2,1-4H3. The Morgan fingerprint density at radius 2 is 1.67 bits per heavy atom. The van der Waals surface area contributed by atoms with Crippen molar-refractivity contribution in [3.8, 4) is 0 Å². The SMILES string of the molecule is CCC(C(=O)N1CCN(c2ccccc2)CC1)N(c1cc(C)ccc1C)S(C)(=O)=O. The van der Waals surface area contributed by atoms with Crippen molar-refractivity contribution in [1.82, 2.24) is 4.90 Å². The lowest BCUT2D eigenvalue weighted by molar-refractivity contribution is -0.132. The summed E-state index contributed by atoms with van der Waals surface area (Å²) in [6, 6.07) is 15.1. The summed E-state index contributed by atoms with van der Waals surface area (Å²) in [6.45, 7) is 8.29. The zero-order valence-corrected chi connectivity index (χ0v) is 19.0. The lowest BCUT2D eigenvalue weighted by Crippen LogP contribution is -2.56. The number of carbonyl (C=O) groups is 1. The number of piperazine rings is 1. The fraction of sp³-hybridized carbons (Fsp3) is 0.435.